The lowest BCUT2D eigenvalue weighted by Gasteiger charge is -2.10. The molecule has 0 heterocycles. The van der Waals surface area contributed by atoms with Crippen molar-refractivity contribution in [3.8, 4) is 0 Å². The maximum atomic E-state index is 4.57. The average molecular weight is 301 g/mol. The van der Waals surface area contributed by atoms with Crippen molar-refractivity contribution in [2.75, 3.05) is 19.3 Å². The highest BCUT2D eigenvalue weighted by Crippen LogP contribution is 2.01. The number of nitrogens with zero attached hydrogens (tertiary/aromatic N) is 2. The Morgan fingerprint density at radius 2 is 1.45 bits per heavy atom. The predicted molar refractivity (Wildman–Crippen MR) is 94.2 cm³/mol. The van der Waals surface area contributed by atoms with E-state index in [1.54, 1.807) is 11.8 Å². The van der Waals surface area contributed by atoms with Gasteiger partial charge in [0, 0.05) is 25.2 Å². The number of hydrogen-bond acceptors (Lipinski definition) is 3. The summed E-state index contributed by atoms with van der Waals surface area (Å²) >= 11 is 1.68. The summed E-state index contributed by atoms with van der Waals surface area (Å²) in [6.07, 6.45) is 5.52. The molecule has 0 aromatic heterocycles. The van der Waals surface area contributed by atoms with Crippen LogP contribution in [-0.4, -0.2) is 42.4 Å². The SMILES string of the molecule is CSC(=NCCCCCN=C(C)NC(C)C)NC(C)C. The Hall–Kier alpha value is -0.710. The Kier molecular flexibility index (Phi) is 11.6. The first-order chi connectivity index (χ1) is 9.45. The zero-order valence-electron chi connectivity index (χ0n) is 14.0. The first kappa shape index (κ1) is 19.3. The molecular weight excluding hydrogens is 268 g/mol. The third kappa shape index (κ3) is 12.3. The number of thioether (sulfide) groups is 1. The highest BCUT2D eigenvalue weighted by molar-refractivity contribution is 8.13. The van der Waals surface area contributed by atoms with E-state index in [1.165, 1.54) is 6.42 Å². The van der Waals surface area contributed by atoms with E-state index in [4.69, 9.17) is 0 Å². The second-order valence-corrected chi connectivity index (χ2v) is 6.31. The second-order valence-electron chi connectivity index (χ2n) is 5.52. The molecule has 0 saturated carbocycles. The van der Waals surface area contributed by atoms with Crippen LogP contribution in [0.25, 0.3) is 0 Å². The van der Waals surface area contributed by atoms with Crippen molar-refractivity contribution in [2.45, 2.75) is 66.0 Å². The highest BCUT2D eigenvalue weighted by Gasteiger charge is 1.98. The van der Waals surface area contributed by atoms with E-state index in [9.17, 15) is 0 Å². The maximum absolute atomic E-state index is 4.57. The van der Waals surface area contributed by atoms with Crippen LogP contribution >= 0.6 is 11.8 Å². The molecule has 2 N–H and O–H groups in total. The van der Waals surface area contributed by atoms with Gasteiger partial charge in [0.1, 0.15) is 0 Å². The molecule has 0 aromatic rings. The summed E-state index contributed by atoms with van der Waals surface area (Å²) in [6, 6.07) is 0.915. The van der Waals surface area contributed by atoms with Crippen molar-refractivity contribution in [1.82, 2.24) is 10.6 Å². The average Bonchev–Trinajstić information content (AvgIpc) is 2.34. The molecule has 118 valence electrons. The van der Waals surface area contributed by atoms with Gasteiger partial charge in [-0.3, -0.25) is 9.98 Å². The summed E-state index contributed by atoms with van der Waals surface area (Å²) in [5.74, 6) is 1.05. The number of unbranched alkanes of at least 4 members (excludes halogenated alkanes) is 2. The molecule has 20 heavy (non-hydrogen) atoms. The Morgan fingerprint density at radius 3 is 1.95 bits per heavy atom. The minimum absolute atomic E-state index is 0.451. The van der Waals surface area contributed by atoms with E-state index >= 15 is 0 Å². The lowest BCUT2D eigenvalue weighted by atomic mass is 10.2. The molecule has 0 fully saturated rings. The van der Waals surface area contributed by atoms with Gasteiger partial charge in [-0.1, -0.05) is 11.8 Å². The summed E-state index contributed by atoms with van der Waals surface area (Å²) < 4.78 is 0. The number of nitrogens with one attached hydrogen (secondary N) is 2. The molecular formula is C15H32N4S. The summed E-state index contributed by atoms with van der Waals surface area (Å²) in [7, 11) is 0. The molecule has 0 aliphatic rings. The van der Waals surface area contributed by atoms with E-state index in [1.807, 2.05) is 6.92 Å². The van der Waals surface area contributed by atoms with Gasteiger partial charge in [0.15, 0.2) is 5.17 Å². The third-order valence-electron chi connectivity index (χ3n) is 2.52. The molecule has 0 rings (SSSR count). The molecule has 0 bridgehead atoms. The zero-order valence-corrected chi connectivity index (χ0v) is 14.8. The molecule has 5 heteroatoms. The molecule has 4 nitrogen and oxygen atoms in total. The summed E-state index contributed by atoms with van der Waals surface area (Å²) in [4.78, 5) is 9.08. The van der Waals surface area contributed by atoms with Crippen LogP contribution in [0.15, 0.2) is 9.98 Å². The van der Waals surface area contributed by atoms with Gasteiger partial charge in [-0.2, -0.15) is 0 Å². The minimum atomic E-state index is 0.451. The number of amidine groups is 2. The van der Waals surface area contributed by atoms with Crippen molar-refractivity contribution in [3.05, 3.63) is 0 Å². The fraction of sp³-hybridized carbons (Fsp3) is 0.867. The number of aliphatic imine (C=N–C) groups is 2. The van der Waals surface area contributed by atoms with E-state index in [2.05, 4.69) is 54.6 Å². The van der Waals surface area contributed by atoms with Crippen LogP contribution in [0.1, 0.15) is 53.9 Å². The second kappa shape index (κ2) is 12.1. The van der Waals surface area contributed by atoms with Gasteiger partial charge in [-0.05, 0) is 60.1 Å². The van der Waals surface area contributed by atoms with Gasteiger partial charge < -0.3 is 10.6 Å². The van der Waals surface area contributed by atoms with Gasteiger partial charge in [0.2, 0.25) is 0 Å². The normalized spacial score (nSPS) is 13.2. The fourth-order valence-electron chi connectivity index (χ4n) is 1.71. The monoisotopic (exact) mass is 300 g/mol. The molecule has 0 radical (unpaired) electrons. The van der Waals surface area contributed by atoms with E-state index in [0.29, 0.717) is 12.1 Å². The van der Waals surface area contributed by atoms with Gasteiger partial charge in [-0.25, -0.2) is 0 Å². The largest absolute Gasteiger partial charge is 0.372 e. The van der Waals surface area contributed by atoms with E-state index < -0.39 is 0 Å². The summed E-state index contributed by atoms with van der Waals surface area (Å²) in [5.41, 5.74) is 0. The molecule has 0 amide bonds. The first-order valence-electron chi connectivity index (χ1n) is 7.58. The van der Waals surface area contributed by atoms with Crippen molar-refractivity contribution in [3.63, 3.8) is 0 Å². The van der Waals surface area contributed by atoms with E-state index in [0.717, 1.165) is 36.9 Å². The minimum Gasteiger partial charge on any atom is -0.372 e. The van der Waals surface area contributed by atoms with Crippen LogP contribution in [0, 0.1) is 0 Å². The molecule has 0 atom stereocenters. The van der Waals surface area contributed by atoms with Crippen molar-refractivity contribution < 1.29 is 0 Å². The molecule has 0 spiro atoms. The quantitative estimate of drug-likeness (QED) is 0.411. The van der Waals surface area contributed by atoms with Crippen LogP contribution in [0.5, 0.6) is 0 Å². The maximum Gasteiger partial charge on any atom is 0.156 e. The fourth-order valence-corrected chi connectivity index (χ4v) is 2.28. The van der Waals surface area contributed by atoms with Crippen LogP contribution in [0.2, 0.25) is 0 Å². The summed E-state index contributed by atoms with van der Waals surface area (Å²) in [5, 5.41) is 7.70. The Labute approximate surface area is 129 Å². The molecule has 0 aromatic carbocycles. The Balaban J connectivity index is 3.68. The predicted octanol–water partition coefficient (Wildman–Crippen LogP) is 3.29. The van der Waals surface area contributed by atoms with Crippen LogP contribution in [-0.2, 0) is 0 Å². The first-order valence-corrected chi connectivity index (χ1v) is 8.80. The Morgan fingerprint density at radius 1 is 0.900 bits per heavy atom. The highest BCUT2D eigenvalue weighted by atomic mass is 32.2. The van der Waals surface area contributed by atoms with Gasteiger partial charge in [0.25, 0.3) is 0 Å². The molecule has 0 aliphatic heterocycles. The Bertz CT molecular complexity index is 298. The van der Waals surface area contributed by atoms with Crippen molar-refractivity contribution in [2.24, 2.45) is 9.98 Å². The third-order valence-corrected chi connectivity index (χ3v) is 3.16. The van der Waals surface area contributed by atoms with Crippen molar-refractivity contribution in [1.29, 1.82) is 0 Å². The summed E-state index contributed by atoms with van der Waals surface area (Å²) in [6.45, 7) is 12.4. The number of rotatable bonds is 8. The number of hydrogen-bond donors (Lipinski definition) is 2. The topological polar surface area (TPSA) is 48.8 Å². The lowest BCUT2D eigenvalue weighted by Crippen LogP contribution is -2.28. The van der Waals surface area contributed by atoms with Crippen LogP contribution in [0.3, 0.4) is 0 Å². The van der Waals surface area contributed by atoms with E-state index in [-0.39, 0.29) is 0 Å². The standard InChI is InChI=1S/C15H32N4S/c1-12(2)18-14(5)16-10-8-7-9-11-17-15(20-6)19-13(3)4/h12-13H,7-11H2,1-6H3,(H,16,18)(H,17,19). The molecule has 0 aliphatic carbocycles. The smallest absolute Gasteiger partial charge is 0.156 e. The van der Waals surface area contributed by atoms with Crippen LogP contribution < -0.4 is 10.6 Å². The lowest BCUT2D eigenvalue weighted by molar-refractivity contribution is 0.682. The van der Waals surface area contributed by atoms with Crippen LogP contribution in [0.4, 0.5) is 0 Å². The van der Waals surface area contributed by atoms with Gasteiger partial charge in [-0.15, -0.1) is 0 Å². The molecule has 0 saturated heterocycles. The van der Waals surface area contributed by atoms with Gasteiger partial charge in [0.05, 0.1) is 5.84 Å². The zero-order chi connectivity index (χ0) is 15.4. The van der Waals surface area contributed by atoms with Gasteiger partial charge >= 0.3 is 0 Å². The molecule has 0 unspecified atom stereocenters. The van der Waals surface area contributed by atoms with Crippen molar-refractivity contribution >= 4 is 22.8 Å².